The number of nitrogens with one attached hydrogen (secondary N) is 2. The molecule has 1 aromatic heterocycles. The number of anilines is 1. The van der Waals surface area contributed by atoms with Gasteiger partial charge >= 0.3 is 0 Å². The molecule has 2 N–H and O–H groups in total. The molecule has 0 saturated carbocycles. The lowest BCUT2D eigenvalue weighted by Crippen LogP contribution is -2.43. The maximum absolute atomic E-state index is 12.4. The highest BCUT2D eigenvalue weighted by Crippen LogP contribution is 2.23. The molecule has 0 bridgehead atoms. The normalized spacial score (nSPS) is 18.1. The fourth-order valence-corrected chi connectivity index (χ4v) is 2.18. The monoisotopic (exact) mass is 271 g/mol. The highest BCUT2D eigenvalue weighted by molar-refractivity contribution is 6.01. The van der Waals surface area contributed by atoms with Gasteiger partial charge in [0, 0.05) is 12.2 Å². The first kappa shape index (κ1) is 12.3. The lowest BCUT2D eigenvalue weighted by molar-refractivity contribution is -0.120. The van der Waals surface area contributed by atoms with E-state index in [0.29, 0.717) is 6.54 Å². The number of fused-ring (bicyclic) bond motifs is 1. The predicted molar refractivity (Wildman–Crippen MR) is 70.8 cm³/mol. The molecule has 1 aliphatic heterocycles. The van der Waals surface area contributed by atoms with Gasteiger partial charge in [0.1, 0.15) is 6.04 Å². The summed E-state index contributed by atoms with van der Waals surface area (Å²) in [5, 5.41) is 12.6. The van der Waals surface area contributed by atoms with Gasteiger partial charge in [-0.2, -0.15) is 15.4 Å². The number of para-hydroxylation sites is 1. The number of carbonyl (C=O) groups is 2. The maximum atomic E-state index is 12.4. The third kappa shape index (κ3) is 2.03. The van der Waals surface area contributed by atoms with Crippen molar-refractivity contribution < 1.29 is 9.59 Å². The Balaban J connectivity index is 1.98. The smallest absolute Gasteiger partial charge is 0.277 e. The zero-order valence-corrected chi connectivity index (χ0v) is 10.8. The van der Waals surface area contributed by atoms with Crippen LogP contribution in [0.3, 0.4) is 0 Å². The van der Waals surface area contributed by atoms with Gasteiger partial charge in [-0.05, 0) is 18.6 Å². The van der Waals surface area contributed by atoms with E-state index in [0.717, 1.165) is 11.3 Å². The van der Waals surface area contributed by atoms with Crippen molar-refractivity contribution in [2.24, 2.45) is 0 Å². The first-order chi connectivity index (χ1) is 9.66. The second kappa shape index (κ2) is 4.76. The number of rotatable bonds is 1. The second-order valence-corrected chi connectivity index (χ2v) is 4.61. The van der Waals surface area contributed by atoms with Gasteiger partial charge in [-0.3, -0.25) is 9.59 Å². The molecule has 1 unspecified atom stereocenters. The summed E-state index contributed by atoms with van der Waals surface area (Å²) in [6.07, 6.45) is 1.35. The molecule has 3 rings (SSSR count). The van der Waals surface area contributed by atoms with E-state index in [-0.39, 0.29) is 17.5 Å². The van der Waals surface area contributed by atoms with E-state index in [1.807, 2.05) is 24.3 Å². The van der Waals surface area contributed by atoms with E-state index in [4.69, 9.17) is 0 Å². The Kier molecular flexibility index (Phi) is 2.94. The zero-order valence-electron chi connectivity index (χ0n) is 10.8. The van der Waals surface area contributed by atoms with Crippen LogP contribution < -0.4 is 5.32 Å². The third-order valence-corrected chi connectivity index (χ3v) is 3.36. The number of nitrogens with zero attached hydrogens (tertiary/aromatic N) is 3. The largest absolute Gasteiger partial charge is 0.324 e. The number of aromatic nitrogens is 3. The Labute approximate surface area is 115 Å². The third-order valence-electron chi connectivity index (χ3n) is 3.36. The minimum Gasteiger partial charge on any atom is -0.324 e. The summed E-state index contributed by atoms with van der Waals surface area (Å²) in [5.41, 5.74) is 1.82. The number of H-pyrrole nitrogens is 1. The van der Waals surface area contributed by atoms with Crippen LogP contribution in [0.25, 0.3) is 0 Å². The standard InChI is InChI=1S/C13H13N5O2/c1-8-12(19)15-10-5-3-2-4-9(10)7-18(8)13(20)11-6-14-17-16-11/h2-6,8H,7H2,1H3,(H,15,19)(H,14,16,17). The van der Waals surface area contributed by atoms with Crippen LogP contribution in [0, 0.1) is 0 Å². The Morgan fingerprint density at radius 1 is 1.40 bits per heavy atom. The first-order valence-corrected chi connectivity index (χ1v) is 6.22. The summed E-state index contributed by atoms with van der Waals surface area (Å²) in [5.74, 6) is -0.537. The Morgan fingerprint density at radius 3 is 2.95 bits per heavy atom. The van der Waals surface area contributed by atoms with Crippen LogP contribution >= 0.6 is 0 Å². The molecule has 0 saturated heterocycles. The van der Waals surface area contributed by atoms with Crippen molar-refractivity contribution in [1.82, 2.24) is 20.3 Å². The molecular formula is C13H13N5O2. The Hall–Kier alpha value is -2.70. The molecule has 7 nitrogen and oxygen atoms in total. The molecule has 1 aliphatic rings. The zero-order chi connectivity index (χ0) is 14.1. The van der Waals surface area contributed by atoms with Gasteiger partial charge in [0.15, 0.2) is 5.69 Å². The van der Waals surface area contributed by atoms with Crippen molar-refractivity contribution in [3.63, 3.8) is 0 Å². The van der Waals surface area contributed by atoms with Crippen molar-refractivity contribution in [3.8, 4) is 0 Å². The minimum absolute atomic E-state index is 0.198. The molecule has 2 amide bonds. The summed E-state index contributed by atoms with van der Waals surface area (Å²) in [6.45, 7) is 2.04. The molecule has 0 radical (unpaired) electrons. The minimum atomic E-state index is -0.577. The highest BCUT2D eigenvalue weighted by atomic mass is 16.2. The lowest BCUT2D eigenvalue weighted by atomic mass is 10.1. The fraction of sp³-hybridized carbons (Fsp3) is 0.231. The maximum Gasteiger partial charge on any atom is 0.277 e. The number of hydrogen-bond acceptors (Lipinski definition) is 4. The van der Waals surface area contributed by atoms with Crippen molar-refractivity contribution in [1.29, 1.82) is 0 Å². The second-order valence-electron chi connectivity index (χ2n) is 4.61. The summed E-state index contributed by atoms with van der Waals surface area (Å²) in [6, 6.07) is 6.85. The number of amides is 2. The van der Waals surface area contributed by atoms with E-state index < -0.39 is 6.04 Å². The highest BCUT2D eigenvalue weighted by Gasteiger charge is 2.31. The molecule has 1 atom stereocenters. The summed E-state index contributed by atoms with van der Waals surface area (Å²) in [4.78, 5) is 26.0. The summed E-state index contributed by atoms with van der Waals surface area (Å²) < 4.78 is 0. The number of carbonyl (C=O) groups excluding carboxylic acids is 2. The van der Waals surface area contributed by atoms with Gasteiger partial charge in [0.25, 0.3) is 5.91 Å². The quantitative estimate of drug-likeness (QED) is 0.802. The molecule has 1 aromatic carbocycles. The molecule has 2 heterocycles. The SMILES string of the molecule is CC1C(=O)Nc2ccccc2CN1C(=O)c1cn[nH]n1. The van der Waals surface area contributed by atoms with Crippen molar-refractivity contribution in [2.75, 3.05) is 5.32 Å². The average molecular weight is 271 g/mol. The Morgan fingerprint density at radius 2 is 2.20 bits per heavy atom. The van der Waals surface area contributed by atoms with Crippen LogP contribution in [0.1, 0.15) is 23.0 Å². The van der Waals surface area contributed by atoms with Gasteiger partial charge < -0.3 is 10.2 Å². The van der Waals surface area contributed by atoms with Crippen LogP contribution in [-0.2, 0) is 11.3 Å². The predicted octanol–water partition coefficient (Wildman–Crippen LogP) is 0.788. The molecule has 20 heavy (non-hydrogen) atoms. The van der Waals surface area contributed by atoms with Gasteiger partial charge in [-0.25, -0.2) is 0 Å². The van der Waals surface area contributed by atoms with Crippen LogP contribution in [0.2, 0.25) is 0 Å². The van der Waals surface area contributed by atoms with Crippen molar-refractivity contribution in [2.45, 2.75) is 19.5 Å². The van der Waals surface area contributed by atoms with E-state index >= 15 is 0 Å². The number of benzene rings is 1. The van der Waals surface area contributed by atoms with Crippen LogP contribution in [0.4, 0.5) is 5.69 Å². The van der Waals surface area contributed by atoms with E-state index in [2.05, 4.69) is 20.7 Å². The van der Waals surface area contributed by atoms with Gasteiger partial charge in [0.2, 0.25) is 5.91 Å². The fourth-order valence-electron chi connectivity index (χ4n) is 2.18. The summed E-state index contributed by atoms with van der Waals surface area (Å²) in [7, 11) is 0. The summed E-state index contributed by atoms with van der Waals surface area (Å²) >= 11 is 0. The molecule has 102 valence electrons. The van der Waals surface area contributed by atoms with Crippen LogP contribution in [0.15, 0.2) is 30.5 Å². The topological polar surface area (TPSA) is 91.0 Å². The Bertz CT molecular complexity index is 653. The lowest BCUT2D eigenvalue weighted by Gasteiger charge is -2.24. The first-order valence-electron chi connectivity index (χ1n) is 6.22. The van der Waals surface area contributed by atoms with Gasteiger partial charge in [0.05, 0.1) is 6.20 Å². The van der Waals surface area contributed by atoms with E-state index in [1.165, 1.54) is 11.1 Å². The number of aromatic amines is 1. The molecule has 0 spiro atoms. The van der Waals surface area contributed by atoms with Crippen LogP contribution in [0.5, 0.6) is 0 Å². The molecule has 0 fully saturated rings. The number of hydrogen-bond donors (Lipinski definition) is 2. The molecule has 2 aromatic rings. The average Bonchev–Trinajstić information content (AvgIpc) is 2.95. The van der Waals surface area contributed by atoms with E-state index in [9.17, 15) is 9.59 Å². The van der Waals surface area contributed by atoms with Crippen LogP contribution in [-0.4, -0.2) is 38.2 Å². The molecule has 7 heteroatoms. The molecule has 0 aliphatic carbocycles. The molecular weight excluding hydrogens is 258 g/mol. The van der Waals surface area contributed by atoms with Crippen molar-refractivity contribution >= 4 is 17.5 Å². The van der Waals surface area contributed by atoms with Crippen molar-refractivity contribution in [3.05, 3.63) is 41.7 Å². The van der Waals surface area contributed by atoms with E-state index in [1.54, 1.807) is 6.92 Å². The van der Waals surface area contributed by atoms with Gasteiger partial charge in [-0.1, -0.05) is 18.2 Å². The van der Waals surface area contributed by atoms with Gasteiger partial charge in [-0.15, -0.1) is 0 Å².